The summed E-state index contributed by atoms with van der Waals surface area (Å²) in [5.41, 5.74) is 3.09. The van der Waals surface area contributed by atoms with Crippen molar-refractivity contribution >= 4 is 40.5 Å². The zero-order valence-electron chi connectivity index (χ0n) is 15.1. The molecule has 6 heteroatoms. The normalized spacial score (nSPS) is 15.2. The van der Waals surface area contributed by atoms with Crippen molar-refractivity contribution in [2.24, 2.45) is 0 Å². The fourth-order valence-corrected chi connectivity index (χ4v) is 3.63. The highest BCUT2D eigenvalue weighted by atomic mass is 35.5. The van der Waals surface area contributed by atoms with E-state index >= 15 is 0 Å². The predicted octanol–water partition coefficient (Wildman–Crippen LogP) is 4.70. The van der Waals surface area contributed by atoms with Gasteiger partial charge in [0.1, 0.15) is 0 Å². The Hall–Kier alpha value is -1.75. The third kappa shape index (κ3) is 4.14. The second kappa shape index (κ2) is 8.30. The smallest absolute Gasteiger partial charge is 0.255 e. The van der Waals surface area contributed by atoms with E-state index in [1.54, 1.807) is 12.1 Å². The number of halogens is 2. The maximum absolute atomic E-state index is 12.7. The average Bonchev–Trinajstić information content (AvgIpc) is 2.64. The fraction of sp³-hybridized carbons (Fsp3) is 0.350. The summed E-state index contributed by atoms with van der Waals surface area (Å²) < 4.78 is 0. The number of carbonyl (C=O) groups is 1. The number of anilines is 2. The molecular weight excluding hydrogens is 369 g/mol. The van der Waals surface area contributed by atoms with Gasteiger partial charge in [-0.2, -0.15) is 0 Å². The number of aryl methyl sites for hydroxylation is 1. The Bertz CT molecular complexity index is 802. The van der Waals surface area contributed by atoms with Gasteiger partial charge in [-0.1, -0.05) is 42.3 Å². The molecule has 0 bridgehead atoms. The fourth-order valence-electron chi connectivity index (χ4n) is 3.15. The van der Waals surface area contributed by atoms with Gasteiger partial charge in [-0.05, 0) is 43.3 Å². The molecule has 0 aromatic heterocycles. The largest absolute Gasteiger partial charge is 0.366 e. The van der Waals surface area contributed by atoms with E-state index in [2.05, 4.69) is 22.0 Å². The molecule has 1 fully saturated rings. The van der Waals surface area contributed by atoms with Gasteiger partial charge in [-0.15, -0.1) is 0 Å². The number of likely N-dealkylation sites (N-methyl/N-ethyl adjacent to an activating group) is 1. The lowest BCUT2D eigenvalue weighted by Crippen LogP contribution is -2.46. The summed E-state index contributed by atoms with van der Waals surface area (Å²) >= 11 is 12.6. The van der Waals surface area contributed by atoms with Crippen molar-refractivity contribution in [3.05, 3.63) is 57.6 Å². The zero-order valence-corrected chi connectivity index (χ0v) is 16.6. The molecule has 1 aliphatic heterocycles. The summed E-state index contributed by atoms with van der Waals surface area (Å²) in [5, 5.41) is 4.23. The predicted molar refractivity (Wildman–Crippen MR) is 110 cm³/mol. The third-order valence-electron chi connectivity index (χ3n) is 4.80. The summed E-state index contributed by atoms with van der Waals surface area (Å²) in [7, 11) is 0. The van der Waals surface area contributed by atoms with E-state index in [0.717, 1.165) is 49.7 Å². The number of piperazine rings is 1. The topological polar surface area (TPSA) is 35.6 Å². The number of hydrogen-bond donors (Lipinski definition) is 1. The molecule has 1 amide bonds. The highest BCUT2D eigenvalue weighted by molar-refractivity contribution is 6.34. The van der Waals surface area contributed by atoms with Crippen molar-refractivity contribution in [1.82, 2.24) is 4.90 Å². The van der Waals surface area contributed by atoms with Crippen LogP contribution in [0.1, 0.15) is 22.8 Å². The van der Waals surface area contributed by atoms with Gasteiger partial charge in [0, 0.05) is 36.8 Å². The van der Waals surface area contributed by atoms with Crippen molar-refractivity contribution in [1.29, 1.82) is 0 Å². The zero-order chi connectivity index (χ0) is 18.7. The van der Waals surface area contributed by atoms with Gasteiger partial charge < -0.3 is 15.1 Å². The number of hydrogen-bond acceptors (Lipinski definition) is 3. The number of nitrogens with one attached hydrogen (secondary N) is 1. The van der Waals surface area contributed by atoms with Crippen molar-refractivity contribution in [2.45, 2.75) is 13.8 Å². The molecule has 0 aliphatic carbocycles. The van der Waals surface area contributed by atoms with Crippen LogP contribution in [0.4, 0.5) is 11.4 Å². The van der Waals surface area contributed by atoms with Gasteiger partial charge in [-0.25, -0.2) is 0 Å². The summed E-state index contributed by atoms with van der Waals surface area (Å²) in [6, 6.07) is 10.9. The number of carbonyl (C=O) groups excluding carboxylic acids is 1. The monoisotopic (exact) mass is 391 g/mol. The number of rotatable bonds is 4. The first kappa shape index (κ1) is 19.0. The van der Waals surface area contributed by atoms with Gasteiger partial charge in [0.15, 0.2) is 0 Å². The van der Waals surface area contributed by atoms with Crippen LogP contribution in [0.5, 0.6) is 0 Å². The van der Waals surface area contributed by atoms with Crippen LogP contribution < -0.4 is 10.2 Å². The van der Waals surface area contributed by atoms with E-state index in [1.807, 2.05) is 31.2 Å². The van der Waals surface area contributed by atoms with E-state index in [1.165, 1.54) is 0 Å². The summed E-state index contributed by atoms with van der Waals surface area (Å²) in [6.07, 6.45) is 0. The number of nitrogens with zero attached hydrogens (tertiary/aromatic N) is 2. The SMILES string of the molecule is CCN1CCN(c2c(Cl)cccc2NC(=O)c2ccc(C)c(Cl)c2)CC1. The maximum atomic E-state index is 12.7. The van der Waals surface area contributed by atoms with Crippen LogP contribution >= 0.6 is 23.2 Å². The molecule has 1 heterocycles. The average molecular weight is 392 g/mol. The van der Waals surface area contributed by atoms with Gasteiger partial charge in [0.25, 0.3) is 5.91 Å². The van der Waals surface area contributed by atoms with E-state index in [9.17, 15) is 4.79 Å². The lowest BCUT2D eigenvalue weighted by molar-refractivity contribution is 0.102. The molecule has 138 valence electrons. The molecule has 0 spiro atoms. The molecule has 0 saturated carbocycles. The first-order valence-electron chi connectivity index (χ1n) is 8.83. The van der Waals surface area contributed by atoms with Crippen LogP contribution in [0, 0.1) is 6.92 Å². The molecule has 2 aromatic rings. The molecule has 0 atom stereocenters. The summed E-state index contributed by atoms with van der Waals surface area (Å²) in [6.45, 7) is 8.88. The highest BCUT2D eigenvalue weighted by Gasteiger charge is 2.21. The van der Waals surface area contributed by atoms with Gasteiger partial charge in [-0.3, -0.25) is 4.79 Å². The van der Waals surface area contributed by atoms with E-state index in [4.69, 9.17) is 23.2 Å². The molecule has 26 heavy (non-hydrogen) atoms. The second-order valence-corrected chi connectivity index (χ2v) is 7.29. The standard InChI is InChI=1S/C20H23Cl2N3O/c1-3-24-9-11-25(12-10-24)19-16(21)5-4-6-18(19)23-20(26)15-8-7-14(2)17(22)13-15/h4-8,13H,3,9-12H2,1-2H3,(H,23,26). The van der Waals surface area contributed by atoms with Gasteiger partial charge in [0.2, 0.25) is 0 Å². The van der Waals surface area contributed by atoms with E-state index in [-0.39, 0.29) is 5.91 Å². The first-order chi connectivity index (χ1) is 12.5. The van der Waals surface area contributed by atoms with Crippen LogP contribution in [0.25, 0.3) is 0 Å². The minimum atomic E-state index is -0.192. The molecule has 1 N–H and O–H groups in total. The van der Waals surface area contributed by atoms with Crippen LogP contribution in [0.2, 0.25) is 10.0 Å². The van der Waals surface area contributed by atoms with Crippen LogP contribution in [-0.4, -0.2) is 43.5 Å². The molecule has 3 rings (SSSR count). The highest BCUT2D eigenvalue weighted by Crippen LogP contribution is 2.35. The van der Waals surface area contributed by atoms with Crippen molar-refractivity contribution < 1.29 is 4.79 Å². The van der Waals surface area contributed by atoms with Crippen LogP contribution in [0.15, 0.2) is 36.4 Å². The number of amides is 1. The maximum Gasteiger partial charge on any atom is 0.255 e. The lowest BCUT2D eigenvalue weighted by Gasteiger charge is -2.36. The van der Waals surface area contributed by atoms with E-state index < -0.39 is 0 Å². The Balaban J connectivity index is 1.83. The van der Waals surface area contributed by atoms with Crippen molar-refractivity contribution in [2.75, 3.05) is 42.9 Å². The molecular formula is C20H23Cl2N3O. The second-order valence-electron chi connectivity index (χ2n) is 6.48. The minimum absolute atomic E-state index is 0.192. The Kier molecular flexibility index (Phi) is 6.07. The molecule has 1 saturated heterocycles. The number of benzene rings is 2. The van der Waals surface area contributed by atoms with Crippen LogP contribution in [0.3, 0.4) is 0 Å². The summed E-state index contributed by atoms with van der Waals surface area (Å²) in [5.74, 6) is -0.192. The molecule has 4 nitrogen and oxygen atoms in total. The Morgan fingerprint density at radius 2 is 1.81 bits per heavy atom. The number of para-hydroxylation sites is 1. The third-order valence-corrected chi connectivity index (χ3v) is 5.52. The molecule has 0 unspecified atom stereocenters. The molecule has 0 radical (unpaired) electrons. The Morgan fingerprint density at radius 3 is 2.46 bits per heavy atom. The Labute approximate surface area is 164 Å². The first-order valence-corrected chi connectivity index (χ1v) is 9.58. The van der Waals surface area contributed by atoms with Crippen LogP contribution in [-0.2, 0) is 0 Å². The Morgan fingerprint density at radius 1 is 1.08 bits per heavy atom. The quantitative estimate of drug-likeness (QED) is 0.820. The summed E-state index contributed by atoms with van der Waals surface area (Å²) in [4.78, 5) is 17.3. The minimum Gasteiger partial charge on any atom is -0.366 e. The van der Waals surface area contributed by atoms with Gasteiger partial charge >= 0.3 is 0 Å². The van der Waals surface area contributed by atoms with Gasteiger partial charge in [0.05, 0.1) is 16.4 Å². The molecule has 1 aliphatic rings. The van der Waals surface area contributed by atoms with Crippen molar-refractivity contribution in [3.63, 3.8) is 0 Å². The lowest BCUT2D eigenvalue weighted by atomic mass is 10.1. The molecule has 2 aromatic carbocycles. The van der Waals surface area contributed by atoms with E-state index in [0.29, 0.717) is 15.6 Å². The van der Waals surface area contributed by atoms with Crippen molar-refractivity contribution in [3.8, 4) is 0 Å².